The Morgan fingerprint density at radius 1 is 1.36 bits per heavy atom. The second-order valence-electron chi connectivity index (χ2n) is 4.38. The number of aromatic nitrogens is 1. The van der Waals surface area contributed by atoms with Gasteiger partial charge in [-0.2, -0.15) is 13.2 Å². The molecule has 2 N–H and O–H groups in total. The van der Waals surface area contributed by atoms with Gasteiger partial charge in [0.25, 0.3) is 5.91 Å². The van der Waals surface area contributed by atoms with Crippen LogP contribution in [0.4, 0.5) is 13.2 Å². The van der Waals surface area contributed by atoms with E-state index in [9.17, 15) is 22.8 Å². The lowest BCUT2D eigenvalue weighted by atomic mass is 10.2. The van der Waals surface area contributed by atoms with Crippen molar-refractivity contribution < 1.29 is 27.5 Å². The number of rotatable bonds is 6. The number of amides is 2. The molecule has 0 saturated carbocycles. The molecule has 0 aromatic carbocycles. The van der Waals surface area contributed by atoms with Gasteiger partial charge in [0.15, 0.2) is 6.61 Å². The Balaban J connectivity index is 2.58. The molecule has 0 saturated heterocycles. The van der Waals surface area contributed by atoms with Crippen molar-refractivity contribution in [2.24, 2.45) is 0 Å². The molecule has 6 nitrogen and oxygen atoms in total. The van der Waals surface area contributed by atoms with Crippen LogP contribution in [0.15, 0.2) is 18.3 Å². The van der Waals surface area contributed by atoms with Gasteiger partial charge in [0, 0.05) is 18.8 Å². The van der Waals surface area contributed by atoms with Crippen LogP contribution in [0.5, 0.6) is 5.88 Å². The van der Waals surface area contributed by atoms with Crippen LogP contribution in [0.3, 0.4) is 0 Å². The van der Waals surface area contributed by atoms with Crippen molar-refractivity contribution in [3.63, 3.8) is 0 Å². The topological polar surface area (TPSA) is 80.3 Å². The van der Waals surface area contributed by atoms with Crippen molar-refractivity contribution in [2.45, 2.75) is 26.1 Å². The smallest absolute Gasteiger partial charge is 0.422 e. The van der Waals surface area contributed by atoms with Gasteiger partial charge in [-0.3, -0.25) is 9.59 Å². The molecule has 122 valence electrons. The highest BCUT2D eigenvalue weighted by atomic mass is 19.4. The van der Waals surface area contributed by atoms with Gasteiger partial charge in [-0.1, -0.05) is 0 Å². The minimum atomic E-state index is -4.46. The Morgan fingerprint density at radius 2 is 2.05 bits per heavy atom. The zero-order valence-electron chi connectivity index (χ0n) is 12.0. The summed E-state index contributed by atoms with van der Waals surface area (Å²) in [6.07, 6.45) is -3.38. The first-order chi connectivity index (χ1) is 10.2. The van der Waals surface area contributed by atoms with Crippen LogP contribution < -0.4 is 15.4 Å². The molecule has 1 aromatic heterocycles. The number of nitrogens with zero attached hydrogens (tertiary/aromatic N) is 1. The quantitative estimate of drug-likeness (QED) is 0.828. The third kappa shape index (κ3) is 5.98. The average Bonchev–Trinajstić information content (AvgIpc) is 2.45. The normalized spacial score (nSPS) is 12.4. The summed E-state index contributed by atoms with van der Waals surface area (Å²) in [6.45, 7) is 2.23. The zero-order valence-corrected chi connectivity index (χ0v) is 12.0. The Bertz CT molecular complexity index is 518. The highest BCUT2D eigenvalue weighted by molar-refractivity contribution is 5.97. The fourth-order valence-corrected chi connectivity index (χ4v) is 1.43. The lowest BCUT2D eigenvalue weighted by Gasteiger charge is -2.13. The fourth-order valence-electron chi connectivity index (χ4n) is 1.43. The van der Waals surface area contributed by atoms with Gasteiger partial charge in [-0.15, -0.1) is 0 Å². The average molecular weight is 319 g/mol. The summed E-state index contributed by atoms with van der Waals surface area (Å²) in [4.78, 5) is 26.9. The second kappa shape index (κ2) is 7.62. The van der Waals surface area contributed by atoms with E-state index >= 15 is 0 Å². The zero-order chi connectivity index (χ0) is 16.8. The number of halogens is 3. The first-order valence-electron chi connectivity index (χ1n) is 6.47. The third-order valence-electron chi connectivity index (χ3n) is 2.47. The maximum atomic E-state index is 12.0. The van der Waals surface area contributed by atoms with E-state index < -0.39 is 24.7 Å². The molecular weight excluding hydrogens is 303 g/mol. The van der Waals surface area contributed by atoms with Crippen LogP contribution in [0.25, 0.3) is 0 Å². The van der Waals surface area contributed by atoms with Gasteiger partial charge in [0.2, 0.25) is 11.8 Å². The van der Waals surface area contributed by atoms with Crippen LogP contribution in [-0.4, -0.2) is 42.2 Å². The Kier molecular flexibility index (Phi) is 6.14. The van der Waals surface area contributed by atoms with Crippen molar-refractivity contribution in [1.82, 2.24) is 15.6 Å². The summed E-state index contributed by atoms with van der Waals surface area (Å²) in [6, 6.07) is 1.67. The standard InChI is InChI=1S/C13H16F3N3O3/c1-3-17-11(20)8(2)19-12(21)9-4-5-10(18-6-9)22-7-13(14,15)16/h4-6,8H,3,7H2,1-2H3,(H,17,20)(H,19,21). The summed E-state index contributed by atoms with van der Waals surface area (Å²) in [5, 5.41) is 4.99. The van der Waals surface area contributed by atoms with Gasteiger partial charge in [-0.25, -0.2) is 4.98 Å². The predicted octanol–water partition coefficient (Wildman–Crippen LogP) is 1.28. The summed E-state index contributed by atoms with van der Waals surface area (Å²) in [7, 11) is 0. The lowest BCUT2D eigenvalue weighted by molar-refractivity contribution is -0.154. The van der Waals surface area contributed by atoms with Gasteiger partial charge in [0.05, 0.1) is 5.56 Å². The number of nitrogens with one attached hydrogen (secondary N) is 2. The highest BCUT2D eigenvalue weighted by Gasteiger charge is 2.28. The molecule has 9 heteroatoms. The summed E-state index contributed by atoms with van der Waals surface area (Å²) in [5.74, 6) is -1.15. The molecule has 0 aliphatic rings. The van der Waals surface area contributed by atoms with E-state index in [0.717, 1.165) is 12.3 Å². The van der Waals surface area contributed by atoms with Crippen LogP contribution >= 0.6 is 0 Å². The molecule has 1 atom stereocenters. The van der Waals surface area contributed by atoms with Crippen molar-refractivity contribution in [1.29, 1.82) is 0 Å². The molecule has 2 amide bonds. The van der Waals surface area contributed by atoms with Gasteiger partial charge >= 0.3 is 6.18 Å². The molecule has 1 unspecified atom stereocenters. The van der Waals surface area contributed by atoms with Crippen LogP contribution in [-0.2, 0) is 4.79 Å². The number of likely N-dealkylation sites (N-methyl/N-ethyl adjacent to an activating group) is 1. The lowest BCUT2D eigenvalue weighted by Crippen LogP contribution is -2.44. The summed E-state index contributed by atoms with van der Waals surface area (Å²) in [5.41, 5.74) is 0.107. The fraction of sp³-hybridized carbons (Fsp3) is 0.462. The van der Waals surface area contributed by atoms with Crippen molar-refractivity contribution in [2.75, 3.05) is 13.2 Å². The molecule has 0 spiro atoms. The molecule has 1 heterocycles. The van der Waals surface area contributed by atoms with Gasteiger partial charge < -0.3 is 15.4 Å². The van der Waals surface area contributed by atoms with Crippen molar-refractivity contribution in [3.05, 3.63) is 23.9 Å². The van der Waals surface area contributed by atoms with E-state index in [1.807, 2.05) is 0 Å². The monoisotopic (exact) mass is 319 g/mol. The Labute approximate surface area is 125 Å². The molecule has 0 radical (unpaired) electrons. The molecule has 0 fully saturated rings. The SMILES string of the molecule is CCNC(=O)C(C)NC(=O)c1ccc(OCC(F)(F)F)nc1. The third-order valence-corrected chi connectivity index (χ3v) is 2.47. The number of hydrogen-bond donors (Lipinski definition) is 2. The van der Waals surface area contributed by atoms with E-state index in [-0.39, 0.29) is 17.4 Å². The van der Waals surface area contributed by atoms with E-state index in [2.05, 4.69) is 20.4 Å². The number of ether oxygens (including phenoxy) is 1. The number of carbonyl (C=O) groups excluding carboxylic acids is 2. The minimum absolute atomic E-state index is 0.107. The molecule has 1 aromatic rings. The van der Waals surface area contributed by atoms with Gasteiger partial charge in [0.1, 0.15) is 6.04 Å². The van der Waals surface area contributed by atoms with E-state index in [1.165, 1.54) is 13.0 Å². The van der Waals surface area contributed by atoms with Crippen LogP contribution in [0.2, 0.25) is 0 Å². The highest BCUT2D eigenvalue weighted by Crippen LogP contribution is 2.17. The van der Waals surface area contributed by atoms with Crippen molar-refractivity contribution in [3.8, 4) is 5.88 Å². The van der Waals surface area contributed by atoms with Crippen LogP contribution in [0, 0.1) is 0 Å². The van der Waals surface area contributed by atoms with Crippen LogP contribution in [0.1, 0.15) is 24.2 Å². The number of carbonyl (C=O) groups is 2. The molecule has 0 aliphatic carbocycles. The number of hydrogen-bond acceptors (Lipinski definition) is 4. The Morgan fingerprint density at radius 3 is 2.55 bits per heavy atom. The van der Waals surface area contributed by atoms with E-state index in [0.29, 0.717) is 6.54 Å². The second-order valence-corrected chi connectivity index (χ2v) is 4.38. The number of alkyl halides is 3. The largest absolute Gasteiger partial charge is 0.468 e. The molecule has 0 aliphatic heterocycles. The van der Waals surface area contributed by atoms with E-state index in [4.69, 9.17) is 0 Å². The maximum absolute atomic E-state index is 12.0. The molecular formula is C13H16F3N3O3. The first kappa shape index (κ1) is 17.7. The summed E-state index contributed by atoms with van der Waals surface area (Å²) < 4.78 is 40.4. The minimum Gasteiger partial charge on any atom is -0.468 e. The maximum Gasteiger partial charge on any atom is 0.422 e. The first-order valence-corrected chi connectivity index (χ1v) is 6.47. The number of pyridine rings is 1. The molecule has 22 heavy (non-hydrogen) atoms. The van der Waals surface area contributed by atoms with Gasteiger partial charge in [-0.05, 0) is 19.9 Å². The summed E-state index contributed by atoms with van der Waals surface area (Å²) >= 11 is 0. The van der Waals surface area contributed by atoms with E-state index in [1.54, 1.807) is 6.92 Å². The molecule has 1 rings (SSSR count). The predicted molar refractivity (Wildman–Crippen MR) is 71.4 cm³/mol. The Hall–Kier alpha value is -2.32. The van der Waals surface area contributed by atoms with Crippen molar-refractivity contribution >= 4 is 11.8 Å². The molecule has 0 bridgehead atoms.